The topological polar surface area (TPSA) is 44.0 Å². The molecule has 0 bridgehead atoms. The first-order valence-electron chi connectivity index (χ1n) is 8.15. The van der Waals surface area contributed by atoms with E-state index in [9.17, 15) is 10.4 Å². The van der Waals surface area contributed by atoms with Gasteiger partial charge in [0.1, 0.15) is 5.92 Å². The standard InChI is InChI=1S/C22H21NO/c1-14-10-15(2)21(16(3)11-14)22(24)20(13-23)19-9-8-17-6-4-5-7-18(17)12-19/h4-12,20,22,24H,1-3H3/t20-,22+/m1/s1. The van der Waals surface area contributed by atoms with Gasteiger partial charge < -0.3 is 5.11 Å². The lowest BCUT2D eigenvalue weighted by Gasteiger charge is -2.22. The van der Waals surface area contributed by atoms with E-state index in [1.807, 2.05) is 63.2 Å². The van der Waals surface area contributed by atoms with Crippen LogP contribution in [0.3, 0.4) is 0 Å². The minimum Gasteiger partial charge on any atom is -0.387 e. The summed E-state index contributed by atoms with van der Waals surface area (Å²) < 4.78 is 0. The van der Waals surface area contributed by atoms with E-state index in [-0.39, 0.29) is 0 Å². The van der Waals surface area contributed by atoms with E-state index < -0.39 is 12.0 Å². The molecule has 0 heterocycles. The molecule has 0 aliphatic carbocycles. The fraction of sp³-hybridized carbons (Fsp3) is 0.227. The molecule has 3 aromatic carbocycles. The van der Waals surface area contributed by atoms with Crippen LogP contribution in [0.2, 0.25) is 0 Å². The number of nitrogens with zero attached hydrogens (tertiary/aromatic N) is 1. The van der Waals surface area contributed by atoms with E-state index in [1.54, 1.807) is 0 Å². The van der Waals surface area contributed by atoms with Crippen molar-refractivity contribution in [1.29, 1.82) is 5.26 Å². The van der Waals surface area contributed by atoms with Crippen LogP contribution in [0, 0.1) is 32.1 Å². The first kappa shape index (κ1) is 16.2. The second kappa shape index (κ2) is 6.47. The minimum atomic E-state index is -0.836. The van der Waals surface area contributed by atoms with Gasteiger partial charge in [-0.05, 0) is 59.9 Å². The fourth-order valence-corrected chi connectivity index (χ4v) is 3.55. The van der Waals surface area contributed by atoms with Crippen LogP contribution in [0.25, 0.3) is 10.8 Å². The molecule has 3 rings (SSSR count). The van der Waals surface area contributed by atoms with Crippen molar-refractivity contribution in [2.75, 3.05) is 0 Å². The maximum absolute atomic E-state index is 10.9. The summed E-state index contributed by atoms with van der Waals surface area (Å²) in [5, 5.41) is 22.9. The molecule has 0 spiro atoms. The third-order valence-corrected chi connectivity index (χ3v) is 4.62. The third-order valence-electron chi connectivity index (χ3n) is 4.62. The van der Waals surface area contributed by atoms with Crippen LogP contribution in [-0.4, -0.2) is 5.11 Å². The average Bonchev–Trinajstić information content (AvgIpc) is 2.54. The molecule has 2 atom stereocenters. The molecule has 24 heavy (non-hydrogen) atoms. The molecule has 0 fully saturated rings. The smallest absolute Gasteiger partial charge is 0.101 e. The number of benzene rings is 3. The highest BCUT2D eigenvalue weighted by Gasteiger charge is 2.25. The van der Waals surface area contributed by atoms with Crippen molar-refractivity contribution in [2.45, 2.75) is 32.8 Å². The van der Waals surface area contributed by atoms with E-state index >= 15 is 0 Å². The largest absolute Gasteiger partial charge is 0.387 e. The molecule has 120 valence electrons. The Morgan fingerprint density at radius 1 is 0.875 bits per heavy atom. The van der Waals surface area contributed by atoms with Gasteiger partial charge in [0.2, 0.25) is 0 Å². The summed E-state index contributed by atoms with van der Waals surface area (Å²) in [7, 11) is 0. The van der Waals surface area contributed by atoms with Gasteiger partial charge in [0, 0.05) is 0 Å². The summed E-state index contributed by atoms with van der Waals surface area (Å²) in [6.45, 7) is 6.03. The second-order valence-corrected chi connectivity index (χ2v) is 6.47. The van der Waals surface area contributed by atoms with Gasteiger partial charge in [0.15, 0.2) is 0 Å². The number of fused-ring (bicyclic) bond motifs is 1. The van der Waals surface area contributed by atoms with Gasteiger partial charge in [0.05, 0.1) is 12.2 Å². The molecule has 0 aliphatic heterocycles. The summed E-state index contributed by atoms with van der Waals surface area (Å²) in [6, 6.07) is 20.4. The number of hydrogen-bond acceptors (Lipinski definition) is 2. The number of aryl methyl sites for hydroxylation is 3. The Morgan fingerprint density at radius 3 is 2.12 bits per heavy atom. The highest BCUT2D eigenvalue weighted by molar-refractivity contribution is 5.83. The molecule has 0 amide bonds. The molecular weight excluding hydrogens is 294 g/mol. The molecule has 0 unspecified atom stereocenters. The van der Waals surface area contributed by atoms with Crippen molar-refractivity contribution in [3.8, 4) is 6.07 Å². The normalized spacial score (nSPS) is 13.5. The predicted octanol–water partition coefficient (Wildman–Crippen LogP) is 5.11. The van der Waals surface area contributed by atoms with Gasteiger partial charge in [-0.3, -0.25) is 0 Å². The molecular formula is C22H21NO. The van der Waals surface area contributed by atoms with Crippen LogP contribution in [0.4, 0.5) is 0 Å². The summed E-state index contributed by atoms with van der Waals surface area (Å²) in [5.74, 6) is -0.588. The molecule has 2 heteroatoms. The Labute approximate surface area is 143 Å². The number of aliphatic hydroxyl groups excluding tert-OH is 1. The molecule has 0 radical (unpaired) electrons. The maximum atomic E-state index is 10.9. The number of aliphatic hydroxyl groups is 1. The monoisotopic (exact) mass is 315 g/mol. The lowest BCUT2D eigenvalue weighted by atomic mass is 9.85. The molecule has 0 aromatic heterocycles. The van der Waals surface area contributed by atoms with Crippen molar-refractivity contribution in [3.05, 3.63) is 82.4 Å². The van der Waals surface area contributed by atoms with Gasteiger partial charge in [-0.1, -0.05) is 54.1 Å². The van der Waals surface area contributed by atoms with E-state index in [0.717, 1.165) is 33.0 Å². The van der Waals surface area contributed by atoms with Crippen LogP contribution >= 0.6 is 0 Å². The Kier molecular flexibility index (Phi) is 4.38. The summed E-state index contributed by atoms with van der Waals surface area (Å²) >= 11 is 0. The third kappa shape index (κ3) is 2.91. The van der Waals surface area contributed by atoms with Crippen molar-refractivity contribution in [3.63, 3.8) is 0 Å². The van der Waals surface area contributed by atoms with Crippen molar-refractivity contribution in [2.24, 2.45) is 0 Å². The zero-order valence-electron chi connectivity index (χ0n) is 14.2. The Bertz CT molecular complexity index is 913. The summed E-state index contributed by atoms with van der Waals surface area (Å²) in [4.78, 5) is 0. The number of nitriles is 1. The lowest BCUT2D eigenvalue weighted by molar-refractivity contribution is 0.163. The summed E-state index contributed by atoms with van der Waals surface area (Å²) in [6.07, 6.45) is -0.836. The minimum absolute atomic E-state index is 0.588. The van der Waals surface area contributed by atoms with Crippen LogP contribution in [0.15, 0.2) is 54.6 Å². The first-order chi connectivity index (χ1) is 11.5. The van der Waals surface area contributed by atoms with Crippen molar-refractivity contribution >= 4 is 10.8 Å². The second-order valence-electron chi connectivity index (χ2n) is 6.47. The highest BCUT2D eigenvalue weighted by Crippen LogP contribution is 2.35. The molecule has 0 aliphatic rings. The molecule has 2 nitrogen and oxygen atoms in total. The van der Waals surface area contributed by atoms with Crippen LogP contribution in [0.1, 0.15) is 39.8 Å². The van der Waals surface area contributed by atoms with E-state index in [2.05, 4.69) is 18.2 Å². The lowest BCUT2D eigenvalue weighted by Crippen LogP contribution is -2.12. The molecule has 3 aromatic rings. The van der Waals surface area contributed by atoms with Crippen molar-refractivity contribution < 1.29 is 5.11 Å². The van der Waals surface area contributed by atoms with E-state index in [4.69, 9.17) is 0 Å². The summed E-state index contributed by atoms with van der Waals surface area (Å²) in [5.41, 5.74) is 4.94. The number of rotatable bonds is 3. The van der Waals surface area contributed by atoms with Gasteiger partial charge >= 0.3 is 0 Å². The van der Waals surface area contributed by atoms with E-state index in [1.165, 1.54) is 5.56 Å². The zero-order chi connectivity index (χ0) is 17.3. The van der Waals surface area contributed by atoms with Gasteiger partial charge in [0.25, 0.3) is 0 Å². The Hall–Kier alpha value is -2.63. The van der Waals surface area contributed by atoms with Gasteiger partial charge in [-0.15, -0.1) is 0 Å². The molecule has 0 saturated heterocycles. The van der Waals surface area contributed by atoms with Crippen LogP contribution < -0.4 is 0 Å². The van der Waals surface area contributed by atoms with Crippen LogP contribution in [0.5, 0.6) is 0 Å². The van der Waals surface area contributed by atoms with Gasteiger partial charge in [-0.2, -0.15) is 5.26 Å². The van der Waals surface area contributed by atoms with Crippen molar-refractivity contribution in [1.82, 2.24) is 0 Å². The molecule has 1 N–H and O–H groups in total. The molecule has 0 saturated carbocycles. The van der Waals surface area contributed by atoms with Crippen LogP contribution in [-0.2, 0) is 0 Å². The average molecular weight is 315 g/mol. The SMILES string of the molecule is Cc1cc(C)c([C@@H](O)[C@H](C#N)c2ccc3ccccc3c2)c(C)c1. The fourth-order valence-electron chi connectivity index (χ4n) is 3.55. The maximum Gasteiger partial charge on any atom is 0.101 e. The zero-order valence-corrected chi connectivity index (χ0v) is 14.2. The number of hydrogen-bond donors (Lipinski definition) is 1. The van der Waals surface area contributed by atoms with E-state index in [0.29, 0.717) is 0 Å². The predicted molar refractivity (Wildman–Crippen MR) is 97.9 cm³/mol. The first-order valence-corrected chi connectivity index (χ1v) is 8.15. The Balaban J connectivity index is 2.06. The van der Waals surface area contributed by atoms with Gasteiger partial charge in [-0.25, -0.2) is 0 Å². The quantitative estimate of drug-likeness (QED) is 0.730. The Morgan fingerprint density at radius 2 is 1.50 bits per heavy atom. The highest BCUT2D eigenvalue weighted by atomic mass is 16.3.